The summed E-state index contributed by atoms with van der Waals surface area (Å²) in [6, 6.07) is 33.4. The molecule has 4 unspecified atom stereocenters. The zero-order chi connectivity index (χ0) is 38.7. The summed E-state index contributed by atoms with van der Waals surface area (Å²) in [7, 11) is 3.38. The van der Waals surface area contributed by atoms with Crippen LogP contribution in [0.4, 0.5) is 0 Å². The summed E-state index contributed by atoms with van der Waals surface area (Å²) in [6.07, 6.45) is 4.83. The van der Waals surface area contributed by atoms with E-state index in [1.54, 1.807) is 14.2 Å². The van der Waals surface area contributed by atoms with Crippen LogP contribution in [0.3, 0.4) is 0 Å². The van der Waals surface area contributed by atoms with Gasteiger partial charge in [-0.1, -0.05) is 94.3 Å². The van der Waals surface area contributed by atoms with E-state index < -0.39 is 30.7 Å². The lowest BCUT2D eigenvalue weighted by molar-refractivity contribution is -0.328. The number of hydrogen-bond acceptors (Lipinski definition) is 8. The van der Waals surface area contributed by atoms with E-state index in [-0.39, 0.29) is 13.2 Å². The SMILES string of the molecule is COCCCC=CCCCO[C@@H]1OC(COCc2c#cc(Br)cc2)C(OCc2ccc(Cl)cc2)C(OCc2ccccc2Br)C1OCc1ccc(OC)cc1. The van der Waals surface area contributed by atoms with Crippen molar-refractivity contribution in [2.24, 2.45) is 0 Å². The standard InChI is InChI=1S/C44H49Br2ClO8/c1-48-25-9-5-3-4-6-10-26-51-44-43(53-29-34-17-23-38(49-2)24-18-34)42(54-30-35-11-7-8-12-39(35)46)41(52-28-33-15-21-37(47)22-16-33)40(55-44)31-50-27-32-13-19-36(45)20-14-32/h3-4,7-8,11-13,15-19,21-24,40-44H,5-6,9-10,25-31H2,1-2H3/t40?,41?,42?,43?,44-/m1/s1. The minimum atomic E-state index is -0.773. The van der Waals surface area contributed by atoms with Gasteiger partial charge in [-0.3, -0.25) is 0 Å². The molecule has 8 nitrogen and oxygen atoms in total. The number of benzene rings is 3. The molecule has 0 aliphatic carbocycles. The van der Waals surface area contributed by atoms with Crippen molar-refractivity contribution in [1.29, 1.82) is 0 Å². The van der Waals surface area contributed by atoms with Crippen molar-refractivity contribution < 1.29 is 37.9 Å². The molecule has 0 bridgehead atoms. The van der Waals surface area contributed by atoms with Gasteiger partial charge in [0.05, 0.1) is 51.2 Å². The third kappa shape index (κ3) is 14.6. The highest BCUT2D eigenvalue weighted by molar-refractivity contribution is 9.10. The van der Waals surface area contributed by atoms with Gasteiger partial charge in [-0.2, -0.15) is 0 Å². The Morgan fingerprint density at radius 2 is 1.36 bits per heavy atom. The molecule has 1 saturated heterocycles. The van der Waals surface area contributed by atoms with E-state index in [9.17, 15) is 0 Å². The first kappa shape index (κ1) is 43.3. The third-order valence-electron chi connectivity index (χ3n) is 8.93. The van der Waals surface area contributed by atoms with Crippen molar-refractivity contribution in [1.82, 2.24) is 0 Å². The van der Waals surface area contributed by atoms with Gasteiger partial charge in [0.25, 0.3) is 0 Å². The Morgan fingerprint density at radius 3 is 2.04 bits per heavy atom. The van der Waals surface area contributed by atoms with Crippen LogP contribution >= 0.6 is 43.5 Å². The molecule has 1 aliphatic heterocycles. The van der Waals surface area contributed by atoms with Crippen molar-refractivity contribution in [2.75, 3.05) is 34.0 Å². The van der Waals surface area contributed by atoms with Gasteiger partial charge in [-0.25, -0.2) is 0 Å². The Hall–Kier alpha value is -2.79. The largest absolute Gasteiger partial charge is 0.497 e. The number of methoxy groups -OCH3 is 2. The van der Waals surface area contributed by atoms with Crippen molar-refractivity contribution in [3.63, 3.8) is 0 Å². The Morgan fingerprint density at radius 1 is 0.691 bits per heavy atom. The van der Waals surface area contributed by atoms with E-state index in [0.29, 0.717) is 31.5 Å². The van der Waals surface area contributed by atoms with Crippen LogP contribution in [0.1, 0.15) is 47.9 Å². The molecule has 0 saturated carbocycles. The maximum absolute atomic E-state index is 6.86. The first-order valence-corrected chi connectivity index (χ1v) is 20.4. The van der Waals surface area contributed by atoms with E-state index in [1.807, 2.05) is 84.9 Å². The van der Waals surface area contributed by atoms with Crippen LogP contribution in [0, 0.1) is 12.1 Å². The van der Waals surface area contributed by atoms with Gasteiger partial charge in [0, 0.05) is 28.8 Å². The molecule has 1 aliphatic rings. The van der Waals surface area contributed by atoms with Crippen molar-refractivity contribution in [3.8, 4) is 5.75 Å². The number of unbranched alkanes of at least 4 members (excludes halogenated alkanes) is 2. The number of allylic oxidation sites excluding steroid dienone is 2. The fourth-order valence-electron chi connectivity index (χ4n) is 5.95. The Kier molecular flexibility index (Phi) is 19.0. The van der Waals surface area contributed by atoms with Gasteiger partial charge in [0.2, 0.25) is 0 Å². The topological polar surface area (TPSA) is 73.8 Å². The van der Waals surface area contributed by atoms with Gasteiger partial charge in [0.1, 0.15) is 30.2 Å². The molecule has 4 aromatic carbocycles. The number of rotatable bonds is 23. The van der Waals surface area contributed by atoms with Crippen LogP contribution < -0.4 is 4.74 Å². The van der Waals surface area contributed by atoms with Crippen molar-refractivity contribution in [3.05, 3.63) is 145 Å². The van der Waals surface area contributed by atoms with Crippen LogP contribution in [0.15, 0.2) is 106 Å². The van der Waals surface area contributed by atoms with E-state index in [2.05, 4.69) is 56.1 Å². The average Bonchev–Trinajstić information content (AvgIpc) is 3.20. The van der Waals surface area contributed by atoms with Gasteiger partial charge < -0.3 is 37.9 Å². The zero-order valence-corrected chi connectivity index (χ0v) is 35.2. The molecule has 1 fully saturated rings. The fraction of sp³-hybridized carbons (Fsp3) is 0.409. The average molecular weight is 901 g/mol. The molecule has 0 spiro atoms. The highest BCUT2D eigenvalue weighted by atomic mass is 79.9. The molecule has 0 amide bonds. The van der Waals surface area contributed by atoms with Crippen LogP contribution in [-0.2, 0) is 59.6 Å². The summed E-state index contributed by atoms with van der Waals surface area (Å²) in [6.45, 7) is 2.61. The molecule has 0 radical (unpaired) electrons. The van der Waals surface area contributed by atoms with Crippen LogP contribution in [0.25, 0.3) is 0 Å². The van der Waals surface area contributed by atoms with Gasteiger partial charge in [-0.05, 0) is 101 Å². The van der Waals surface area contributed by atoms with E-state index in [0.717, 1.165) is 69.2 Å². The second-order valence-electron chi connectivity index (χ2n) is 13.0. The summed E-state index contributed by atoms with van der Waals surface area (Å²) < 4.78 is 52.3. The number of ether oxygens (including phenoxy) is 8. The van der Waals surface area contributed by atoms with Crippen LogP contribution in [0.5, 0.6) is 5.75 Å². The number of hydrogen-bond donors (Lipinski definition) is 0. The summed E-state index contributed by atoms with van der Waals surface area (Å²) in [5.41, 5.74) is 3.78. The fourth-order valence-corrected chi connectivity index (χ4v) is 6.71. The smallest absolute Gasteiger partial charge is 0.186 e. The lowest BCUT2D eigenvalue weighted by Gasteiger charge is -2.46. The normalized spacial score (nSPS) is 19.8. The minimum absolute atomic E-state index is 0.208. The van der Waals surface area contributed by atoms with E-state index in [4.69, 9.17) is 49.5 Å². The van der Waals surface area contributed by atoms with Crippen molar-refractivity contribution in [2.45, 2.75) is 82.8 Å². The maximum atomic E-state index is 6.86. The quantitative estimate of drug-likeness (QED) is 0.0539. The zero-order valence-electron chi connectivity index (χ0n) is 31.3. The van der Waals surface area contributed by atoms with Crippen LogP contribution in [-0.4, -0.2) is 64.7 Å². The molecule has 5 rings (SSSR count). The molecule has 1 heterocycles. The molecule has 11 heteroatoms. The molecule has 0 N–H and O–H groups in total. The van der Waals surface area contributed by atoms with Gasteiger partial charge >= 0.3 is 0 Å². The van der Waals surface area contributed by atoms with E-state index in [1.165, 1.54) is 0 Å². The van der Waals surface area contributed by atoms with E-state index >= 15 is 0 Å². The second kappa shape index (κ2) is 24.1. The summed E-state index contributed by atoms with van der Waals surface area (Å²) >= 11 is 13.3. The van der Waals surface area contributed by atoms with Gasteiger partial charge in [0.15, 0.2) is 6.29 Å². The molecule has 55 heavy (non-hydrogen) atoms. The summed E-state index contributed by atoms with van der Waals surface area (Å²) in [4.78, 5) is 0. The molecule has 294 valence electrons. The molecule has 0 aromatic heterocycles. The summed E-state index contributed by atoms with van der Waals surface area (Å²) in [5.74, 6) is 0.769. The Bertz CT molecular complexity index is 1690. The highest BCUT2D eigenvalue weighted by Gasteiger charge is 2.49. The van der Waals surface area contributed by atoms with Crippen molar-refractivity contribution >= 4 is 43.5 Å². The summed E-state index contributed by atoms with van der Waals surface area (Å²) in [5, 5.41) is 0.654. The lowest BCUT2D eigenvalue weighted by atomic mass is 9.97. The molecular formula is C44H49Br2ClO8. The minimum Gasteiger partial charge on any atom is -0.497 e. The first-order chi connectivity index (χ1) is 26.9. The molecular weight excluding hydrogens is 852 g/mol. The Labute approximate surface area is 347 Å². The number of halogens is 3. The Balaban J connectivity index is 1.41. The molecule has 5 atom stereocenters. The second-order valence-corrected chi connectivity index (χ2v) is 15.2. The maximum Gasteiger partial charge on any atom is 0.186 e. The van der Waals surface area contributed by atoms with Crippen LogP contribution in [0.2, 0.25) is 5.02 Å². The predicted octanol–water partition coefficient (Wildman–Crippen LogP) is 10.3. The van der Waals surface area contributed by atoms with Gasteiger partial charge in [-0.15, -0.1) is 0 Å². The third-order valence-corrected chi connectivity index (χ3v) is 10.4. The molecule has 4 aromatic rings. The first-order valence-electron chi connectivity index (χ1n) is 18.5. The predicted molar refractivity (Wildman–Crippen MR) is 220 cm³/mol. The monoisotopic (exact) mass is 898 g/mol. The lowest BCUT2D eigenvalue weighted by Crippen LogP contribution is -2.61. The highest BCUT2D eigenvalue weighted by Crippen LogP contribution is 2.33.